The zero-order valence-corrected chi connectivity index (χ0v) is 14.3. The van der Waals surface area contributed by atoms with E-state index in [2.05, 4.69) is 20.2 Å². The Bertz CT molecular complexity index is 884. The molecule has 1 aliphatic rings. The summed E-state index contributed by atoms with van der Waals surface area (Å²) in [6.45, 7) is 4.52. The molecule has 1 unspecified atom stereocenters. The van der Waals surface area contributed by atoms with Gasteiger partial charge in [0.05, 0.1) is 12.3 Å². The monoisotopic (exact) mass is 343 g/mol. The third kappa shape index (κ3) is 2.91. The van der Waals surface area contributed by atoms with E-state index in [1.807, 2.05) is 20.0 Å². The molecular weight excluding hydrogens is 322 g/mol. The van der Waals surface area contributed by atoms with Crippen LogP contribution >= 0.6 is 0 Å². The Labute approximate surface area is 144 Å². The van der Waals surface area contributed by atoms with Gasteiger partial charge in [-0.3, -0.25) is 0 Å². The first-order valence-electron chi connectivity index (χ1n) is 8.49. The van der Waals surface area contributed by atoms with Crippen molar-refractivity contribution in [1.82, 2.24) is 29.4 Å². The predicted octanol–water partition coefficient (Wildman–Crippen LogP) is 2.06. The Morgan fingerprint density at radius 1 is 1.40 bits per heavy atom. The molecule has 1 aliphatic carbocycles. The zero-order valence-electron chi connectivity index (χ0n) is 14.3. The lowest BCUT2D eigenvalue weighted by Gasteiger charge is -2.27. The van der Waals surface area contributed by atoms with Crippen LogP contribution in [0.5, 0.6) is 5.75 Å². The lowest BCUT2D eigenvalue weighted by Crippen LogP contribution is -2.25. The Hall–Kier alpha value is -2.68. The maximum absolute atomic E-state index is 6.17. The molecular formula is C16H21N7O2. The highest BCUT2D eigenvalue weighted by molar-refractivity contribution is 5.73. The standard InChI is InChI=1S/C16H21N7O2/c1-3-24-10(2)22-8-11(7-19-22)13-14(25-12-5-4-6-12)15-20-16(17)21-23(15)9-18-13/h7-10,12H,3-6H2,1-2H3,(H2,17,21). The fourth-order valence-electron chi connectivity index (χ4n) is 2.80. The largest absolute Gasteiger partial charge is 0.484 e. The molecule has 2 N–H and O–H groups in total. The fourth-order valence-corrected chi connectivity index (χ4v) is 2.80. The van der Waals surface area contributed by atoms with Crippen molar-refractivity contribution in [3.63, 3.8) is 0 Å². The van der Waals surface area contributed by atoms with Gasteiger partial charge in [-0.25, -0.2) is 9.67 Å². The second-order valence-corrected chi connectivity index (χ2v) is 6.09. The normalized spacial score (nSPS) is 16.1. The van der Waals surface area contributed by atoms with Gasteiger partial charge in [-0.05, 0) is 33.1 Å². The Balaban J connectivity index is 1.76. The summed E-state index contributed by atoms with van der Waals surface area (Å²) >= 11 is 0. The molecule has 9 heteroatoms. The van der Waals surface area contributed by atoms with E-state index in [1.165, 1.54) is 6.42 Å². The van der Waals surface area contributed by atoms with Crippen LogP contribution in [0.15, 0.2) is 18.7 Å². The Morgan fingerprint density at radius 2 is 2.24 bits per heavy atom. The molecule has 3 heterocycles. The molecule has 0 radical (unpaired) electrons. The highest BCUT2D eigenvalue weighted by Gasteiger charge is 2.25. The summed E-state index contributed by atoms with van der Waals surface area (Å²) in [5.41, 5.74) is 7.83. The molecule has 1 fully saturated rings. The quantitative estimate of drug-likeness (QED) is 0.730. The van der Waals surface area contributed by atoms with Gasteiger partial charge in [-0.1, -0.05) is 0 Å². The first-order chi connectivity index (χ1) is 12.2. The van der Waals surface area contributed by atoms with Crippen molar-refractivity contribution in [2.45, 2.75) is 45.4 Å². The van der Waals surface area contributed by atoms with Crippen LogP contribution < -0.4 is 10.5 Å². The van der Waals surface area contributed by atoms with E-state index < -0.39 is 0 Å². The minimum Gasteiger partial charge on any atom is -0.484 e. The topological polar surface area (TPSA) is 105 Å². The van der Waals surface area contributed by atoms with E-state index in [0.717, 1.165) is 18.4 Å². The second kappa shape index (κ2) is 6.32. The van der Waals surface area contributed by atoms with Crippen LogP contribution in [0.25, 0.3) is 16.9 Å². The molecule has 0 spiro atoms. The number of anilines is 1. The average molecular weight is 343 g/mol. The van der Waals surface area contributed by atoms with Crippen molar-refractivity contribution in [1.29, 1.82) is 0 Å². The predicted molar refractivity (Wildman–Crippen MR) is 91.0 cm³/mol. The minimum atomic E-state index is -0.151. The van der Waals surface area contributed by atoms with E-state index in [-0.39, 0.29) is 18.3 Å². The summed E-state index contributed by atoms with van der Waals surface area (Å²) in [6.07, 6.45) is 8.51. The molecule has 132 valence electrons. The van der Waals surface area contributed by atoms with E-state index in [0.29, 0.717) is 23.7 Å². The summed E-state index contributed by atoms with van der Waals surface area (Å²) in [4.78, 5) is 8.80. The van der Waals surface area contributed by atoms with E-state index in [9.17, 15) is 0 Å². The van der Waals surface area contributed by atoms with Crippen LogP contribution in [0.1, 0.15) is 39.3 Å². The molecule has 0 aromatic carbocycles. The molecule has 3 aromatic rings. The van der Waals surface area contributed by atoms with Gasteiger partial charge in [0.25, 0.3) is 0 Å². The van der Waals surface area contributed by atoms with Gasteiger partial charge in [0.1, 0.15) is 18.2 Å². The van der Waals surface area contributed by atoms with Crippen LogP contribution in [0.4, 0.5) is 5.95 Å². The van der Waals surface area contributed by atoms with Crippen molar-refractivity contribution >= 4 is 11.6 Å². The van der Waals surface area contributed by atoms with Crippen LogP contribution in [0.3, 0.4) is 0 Å². The van der Waals surface area contributed by atoms with E-state index >= 15 is 0 Å². The van der Waals surface area contributed by atoms with E-state index in [1.54, 1.807) is 21.7 Å². The first kappa shape index (κ1) is 15.8. The number of fused-ring (bicyclic) bond motifs is 1. The van der Waals surface area contributed by atoms with Gasteiger partial charge in [0, 0.05) is 18.4 Å². The second-order valence-electron chi connectivity index (χ2n) is 6.09. The minimum absolute atomic E-state index is 0.151. The number of ether oxygens (including phenoxy) is 2. The number of nitrogens with zero attached hydrogens (tertiary/aromatic N) is 6. The van der Waals surface area contributed by atoms with Gasteiger partial charge < -0.3 is 15.2 Å². The molecule has 4 rings (SSSR count). The highest BCUT2D eigenvalue weighted by Crippen LogP contribution is 2.35. The zero-order chi connectivity index (χ0) is 17.4. The van der Waals surface area contributed by atoms with Crippen LogP contribution in [0, 0.1) is 0 Å². The van der Waals surface area contributed by atoms with Crippen LogP contribution in [0.2, 0.25) is 0 Å². The smallest absolute Gasteiger partial charge is 0.240 e. The van der Waals surface area contributed by atoms with Gasteiger partial charge in [0.2, 0.25) is 11.6 Å². The molecule has 9 nitrogen and oxygen atoms in total. The lowest BCUT2D eigenvalue weighted by molar-refractivity contribution is 0.0160. The maximum atomic E-state index is 6.17. The fraction of sp³-hybridized carbons (Fsp3) is 0.500. The Kier molecular flexibility index (Phi) is 4.00. The molecule has 3 aromatic heterocycles. The number of hydrogen-bond donors (Lipinski definition) is 1. The Morgan fingerprint density at radius 3 is 2.96 bits per heavy atom. The van der Waals surface area contributed by atoms with Gasteiger partial charge in [-0.15, -0.1) is 5.10 Å². The summed E-state index contributed by atoms with van der Waals surface area (Å²) < 4.78 is 15.0. The van der Waals surface area contributed by atoms with Crippen molar-refractivity contribution < 1.29 is 9.47 Å². The third-order valence-electron chi connectivity index (χ3n) is 4.35. The lowest BCUT2D eigenvalue weighted by atomic mass is 9.96. The number of aromatic nitrogens is 6. The van der Waals surface area contributed by atoms with Crippen LogP contribution in [-0.4, -0.2) is 42.1 Å². The van der Waals surface area contributed by atoms with Gasteiger partial charge in [0.15, 0.2) is 5.75 Å². The van der Waals surface area contributed by atoms with Crippen molar-refractivity contribution in [2.75, 3.05) is 12.3 Å². The third-order valence-corrected chi connectivity index (χ3v) is 4.35. The molecule has 0 amide bonds. The number of rotatable bonds is 6. The molecule has 1 atom stereocenters. The van der Waals surface area contributed by atoms with Gasteiger partial charge >= 0.3 is 0 Å². The first-order valence-corrected chi connectivity index (χ1v) is 8.49. The maximum Gasteiger partial charge on any atom is 0.240 e. The molecule has 25 heavy (non-hydrogen) atoms. The highest BCUT2D eigenvalue weighted by atomic mass is 16.5. The number of nitrogen functional groups attached to an aromatic ring is 1. The molecule has 0 aliphatic heterocycles. The molecule has 0 bridgehead atoms. The van der Waals surface area contributed by atoms with Crippen LogP contribution in [-0.2, 0) is 4.74 Å². The number of hydrogen-bond acceptors (Lipinski definition) is 7. The SMILES string of the molecule is CCOC(C)n1cc(-c2ncn3nc(N)nc3c2OC2CCC2)cn1. The molecule has 1 saturated carbocycles. The summed E-state index contributed by atoms with van der Waals surface area (Å²) in [7, 11) is 0. The molecule has 0 saturated heterocycles. The van der Waals surface area contributed by atoms with Crippen molar-refractivity contribution in [3.05, 3.63) is 18.7 Å². The van der Waals surface area contributed by atoms with E-state index in [4.69, 9.17) is 15.2 Å². The van der Waals surface area contributed by atoms with Crippen molar-refractivity contribution in [3.8, 4) is 17.0 Å². The average Bonchev–Trinajstić information content (AvgIpc) is 3.16. The number of nitrogens with two attached hydrogens (primary N) is 1. The summed E-state index contributed by atoms with van der Waals surface area (Å²) in [5, 5.41) is 8.50. The summed E-state index contributed by atoms with van der Waals surface area (Å²) in [6, 6.07) is 0. The van der Waals surface area contributed by atoms with Crippen molar-refractivity contribution in [2.24, 2.45) is 0 Å². The summed E-state index contributed by atoms with van der Waals surface area (Å²) in [5.74, 6) is 0.790. The van der Waals surface area contributed by atoms with Gasteiger partial charge in [-0.2, -0.15) is 14.6 Å².